The van der Waals surface area contributed by atoms with Crippen LogP contribution in [0.1, 0.15) is 31.0 Å². The van der Waals surface area contributed by atoms with Gasteiger partial charge in [-0.05, 0) is 40.4 Å². The molecule has 0 spiro atoms. The molecule has 0 aliphatic carbocycles. The van der Waals surface area contributed by atoms with Gasteiger partial charge in [-0.3, -0.25) is 0 Å². The van der Waals surface area contributed by atoms with Gasteiger partial charge in [-0.15, -0.1) is 0 Å². The number of nitrogens with two attached hydrogens (primary N) is 1. The molecule has 0 aliphatic heterocycles. The quantitative estimate of drug-likeness (QED) is 0.811. The fourth-order valence-corrected chi connectivity index (χ4v) is 1.97. The first-order chi connectivity index (χ1) is 6.04. The summed E-state index contributed by atoms with van der Waals surface area (Å²) in [6.45, 7) is 6.29. The summed E-state index contributed by atoms with van der Waals surface area (Å²) in [6.07, 6.45) is 1.79. The van der Waals surface area contributed by atoms with Crippen LogP contribution in [0.4, 0.5) is 0 Å². The Kier molecular flexibility index (Phi) is 3.45. The first-order valence-electron chi connectivity index (χ1n) is 4.40. The lowest BCUT2D eigenvalue weighted by molar-refractivity contribution is 0.508. The van der Waals surface area contributed by atoms with Crippen molar-refractivity contribution in [2.45, 2.75) is 26.8 Å². The lowest BCUT2D eigenvalue weighted by atomic mass is 9.95. The molecule has 1 aromatic rings. The standard InChI is InChI=1S/C10H15BrN2/c1-6(2)9(12)8-7(3)4-5-13-10(8)11/h4-6,9H,12H2,1-3H3/t9-/m0/s1. The van der Waals surface area contributed by atoms with Gasteiger partial charge in [0, 0.05) is 17.8 Å². The maximum Gasteiger partial charge on any atom is 0.111 e. The van der Waals surface area contributed by atoms with E-state index in [1.807, 2.05) is 6.07 Å². The van der Waals surface area contributed by atoms with Crippen molar-refractivity contribution in [3.05, 3.63) is 28.0 Å². The average Bonchev–Trinajstić information content (AvgIpc) is 2.03. The maximum absolute atomic E-state index is 6.07. The average molecular weight is 243 g/mol. The molecule has 1 aromatic heterocycles. The Hall–Kier alpha value is -0.410. The van der Waals surface area contributed by atoms with Crippen LogP contribution in [0, 0.1) is 12.8 Å². The summed E-state index contributed by atoms with van der Waals surface area (Å²) in [5, 5.41) is 0. The lowest BCUT2D eigenvalue weighted by Gasteiger charge is -2.19. The Labute approximate surface area is 87.7 Å². The molecular formula is C10H15BrN2. The van der Waals surface area contributed by atoms with E-state index in [2.05, 4.69) is 41.7 Å². The van der Waals surface area contributed by atoms with Crippen LogP contribution in [0.25, 0.3) is 0 Å². The van der Waals surface area contributed by atoms with E-state index in [1.165, 1.54) is 5.56 Å². The molecule has 0 saturated heterocycles. The number of nitrogens with zero attached hydrogens (tertiary/aromatic N) is 1. The molecule has 1 atom stereocenters. The number of rotatable bonds is 2. The minimum Gasteiger partial charge on any atom is -0.324 e. The lowest BCUT2D eigenvalue weighted by Crippen LogP contribution is -2.18. The second-order valence-electron chi connectivity index (χ2n) is 3.60. The molecule has 0 unspecified atom stereocenters. The van der Waals surface area contributed by atoms with Gasteiger partial charge in [0.05, 0.1) is 0 Å². The predicted molar refractivity (Wildman–Crippen MR) is 58.4 cm³/mol. The molecule has 0 fully saturated rings. The minimum atomic E-state index is 0.0584. The Morgan fingerprint density at radius 3 is 2.54 bits per heavy atom. The maximum atomic E-state index is 6.07. The van der Waals surface area contributed by atoms with E-state index in [4.69, 9.17) is 5.73 Å². The summed E-state index contributed by atoms with van der Waals surface area (Å²) in [5.74, 6) is 0.430. The molecular weight excluding hydrogens is 228 g/mol. The van der Waals surface area contributed by atoms with Crippen molar-refractivity contribution in [1.82, 2.24) is 4.98 Å². The first kappa shape index (κ1) is 10.7. The van der Waals surface area contributed by atoms with Crippen LogP contribution in [0.15, 0.2) is 16.9 Å². The molecule has 0 saturated carbocycles. The molecule has 2 nitrogen and oxygen atoms in total. The third kappa shape index (κ3) is 2.29. The van der Waals surface area contributed by atoms with E-state index in [-0.39, 0.29) is 6.04 Å². The van der Waals surface area contributed by atoms with Gasteiger partial charge >= 0.3 is 0 Å². The molecule has 0 amide bonds. The molecule has 0 bridgehead atoms. The van der Waals surface area contributed by atoms with E-state index in [1.54, 1.807) is 6.20 Å². The Bertz CT molecular complexity index is 277. The highest BCUT2D eigenvalue weighted by Crippen LogP contribution is 2.27. The van der Waals surface area contributed by atoms with E-state index in [0.717, 1.165) is 10.2 Å². The summed E-state index contributed by atoms with van der Waals surface area (Å²) < 4.78 is 0.869. The Morgan fingerprint density at radius 2 is 2.08 bits per heavy atom. The van der Waals surface area contributed by atoms with Gasteiger partial charge < -0.3 is 5.73 Å². The highest BCUT2D eigenvalue weighted by atomic mass is 79.9. The zero-order chi connectivity index (χ0) is 10.0. The molecule has 13 heavy (non-hydrogen) atoms. The van der Waals surface area contributed by atoms with E-state index in [0.29, 0.717) is 5.92 Å². The second-order valence-corrected chi connectivity index (χ2v) is 4.35. The summed E-state index contributed by atoms with van der Waals surface area (Å²) in [6, 6.07) is 2.05. The van der Waals surface area contributed by atoms with Crippen LogP contribution in [0.5, 0.6) is 0 Å². The van der Waals surface area contributed by atoms with Crippen molar-refractivity contribution in [1.29, 1.82) is 0 Å². The van der Waals surface area contributed by atoms with Crippen LogP contribution >= 0.6 is 15.9 Å². The van der Waals surface area contributed by atoms with E-state index >= 15 is 0 Å². The van der Waals surface area contributed by atoms with Crippen molar-refractivity contribution in [3.8, 4) is 0 Å². The fraction of sp³-hybridized carbons (Fsp3) is 0.500. The molecule has 1 rings (SSSR count). The molecule has 2 N–H and O–H groups in total. The van der Waals surface area contributed by atoms with Crippen molar-refractivity contribution < 1.29 is 0 Å². The molecule has 72 valence electrons. The Morgan fingerprint density at radius 1 is 1.46 bits per heavy atom. The number of pyridine rings is 1. The highest BCUT2D eigenvalue weighted by Gasteiger charge is 2.16. The zero-order valence-corrected chi connectivity index (χ0v) is 9.80. The van der Waals surface area contributed by atoms with Crippen molar-refractivity contribution in [2.75, 3.05) is 0 Å². The van der Waals surface area contributed by atoms with E-state index in [9.17, 15) is 0 Å². The predicted octanol–water partition coefficient (Wildman–Crippen LogP) is 2.81. The third-order valence-electron chi connectivity index (χ3n) is 2.21. The number of hydrogen-bond acceptors (Lipinski definition) is 2. The van der Waals surface area contributed by atoms with Crippen LogP contribution in [0.3, 0.4) is 0 Å². The van der Waals surface area contributed by atoms with Gasteiger partial charge in [-0.2, -0.15) is 0 Å². The molecule has 0 radical (unpaired) electrons. The van der Waals surface area contributed by atoms with Gasteiger partial charge in [0.15, 0.2) is 0 Å². The highest BCUT2D eigenvalue weighted by molar-refractivity contribution is 9.10. The van der Waals surface area contributed by atoms with Gasteiger partial charge in [0.1, 0.15) is 4.60 Å². The van der Waals surface area contributed by atoms with Crippen LogP contribution in [0.2, 0.25) is 0 Å². The van der Waals surface area contributed by atoms with Gasteiger partial charge in [0.2, 0.25) is 0 Å². The Balaban J connectivity index is 3.12. The van der Waals surface area contributed by atoms with Gasteiger partial charge in [-0.1, -0.05) is 13.8 Å². The van der Waals surface area contributed by atoms with Crippen LogP contribution < -0.4 is 5.73 Å². The minimum absolute atomic E-state index is 0.0584. The monoisotopic (exact) mass is 242 g/mol. The third-order valence-corrected chi connectivity index (χ3v) is 2.84. The van der Waals surface area contributed by atoms with Gasteiger partial charge in [-0.25, -0.2) is 4.98 Å². The van der Waals surface area contributed by atoms with Crippen LogP contribution in [-0.2, 0) is 0 Å². The van der Waals surface area contributed by atoms with E-state index < -0.39 is 0 Å². The topological polar surface area (TPSA) is 38.9 Å². The summed E-state index contributed by atoms with van der Waals surface area (Å²) >= 11 is 3.42. The number of aryl methyl sites for hydroxylation is 1. The molecule has 0 aliphatic rings. The molecule has 0 aromatic carbocycles. The normalized spacial score (nSPS) is 13.4. The summed E-state index contributed by atoms with van der Waals surface area (Å²) in [4.78, 5) is 4.18. The zero-order valence-electron chi connectivity index (χ0n) is 8.21. The summed E-state index contributed by atoms with van der Waals surface area (Å²) in [5.41, 5.74) is 8.39. The largest absolute Gasteiger partial charge is 0.324 e. The molecule has 3 heteroatoms. The van der Waals surface area contributed by atoms with Crippen molar-refractivity contribution in [2.24, 2.45) is 11.7 Å². The smallest absolute Gasteiger partial charge is 0.111 e. The fourth-order valence-electron chi connectivity index (χ4n) is 1.27. The summed E-state index contributed by atoms with van der Waals surface area (Å²) in [7, 11) is 0. The molecule has 1 heterocycles. The van der Waals surface area contributed by atoms with Crippen molar-refractivity contribution >= 4 is 15.9 Å². The van der Waals surface area contributed by atoms with Crippen LogP contribution in [-0.4, -0.2) is 4.98 Å². The van der Waals surface area contributed by atoms with Crippen molar-refractivity contribution in [3.63, 3.8) is 0 Å². The SMILES string of the molecule is Cc1ccnc(Br)c1[C@@H](N)C(C)C. The van der Waals surface area contributed by atoms with Gasteiger partial charge in [0.25, 0.3) is 0 Å². The first-order valence-corrected chi connectivity index (χ1v) is 5.20. The number of halogens is 1. The second kappa shape index (κ2) is 4.20. The number of aromatic nitrogens is 1. The number of hydrogen-bond donors (Lipinski definition) is 1.